The number of carboxylic acid groups (broad SMARTS) is 1. The summed E-state index contributed by atoms with van der Waals surface area (Å²) in [6.07, 6.45) is -0.384. The van der Waals surface area contributed by atoms with Crippen LogP contribution in [0.25, 0.3) is 0 Å². The molecule has 0 aromatic heterocycles. The standard InChI is InChI=1S/C11H13F2NO4S/c12-9-5-8(6-10(13)7-9)1-3-14-19(17,18)4-2-11(15)16/h5-7,14H,1-4H2,(H,15,16). The van der Waals surface area contributed by atoms with Crippen molar-refractivity contribution >= 4 is 16.0 Å². The number of carboxylic acids is 1. The molecule has 1 rings (SSSR count). The molecule has 0 aliphatic rings. The molecule has 5 nitrogen and oxygen atoms in total. The van der Waals surface area contributed by atoms with Gasteiger partial charge in [-0.3, -0.25) is 4.79 Å². The molecule has 0 spiro atoms. The molecular weight excluding hydrogens is 280 g/mol. The Hall–Kier alpha value is -1.54. The lowest BCUT2D eigenvalue weighted by atomic mass is 10.1. The summed E-state index contributed by atoms with van der Waals surface area (Å²) in [4.78, 5) is 10.2. The van der Waals surface area contributed by atoms with Gasteiger partial charge in [0.25, 0.3) is 0 Å². The largest absolute Gasteiger partial charge is 0.481 e. The minimum Gasteiger partial charge on any atom is -0.481 e. The molecule has 0 unspecified atom stereocenters. The first-order valence-electron chi connectivity index (χ1n) is 5.42. The first-order valence-corrected chi connectivity index (χ1v) is 7.08. The molecule has 0 radical (unpaired) electrons. The number of benzene rings is 1. The first kappa shape index (κ1) is 15.5. The van der Waals surface area contributed by atoms with Crippen LogP contribution in [-0.2, 0) is 21.2 Å². The average Bonchev–Trinajstić information content (AvgIpc) is 2.25. The van der Waals surface area contributed by atoms with Gasteiger partial charge in [0.1, 0.15) is 11.6 Å². The number of carbonyl (C=O) groups is 1. The predicted octanol–water partition coefficient (Wildman–Crippen LogP) is 0.901. The van der Waals surface area contributed by atoms with E-state index in [9.17, 15) is 22.0 Å². The van der Waals surface area contributed by atoms with Crippen LogP contribution in [-0.4, -0.2) is 31.8 Å². The highest BCUT2D eigenvalue weighted by atomic mass is 32.2. The van der Waals surface area contributed by atoms with Crippen molar-refractivity contribution < 1.29 is 27.1 Å². The zero-order chi connectivity index (χ0) is 14.5. The summed E-state index contributed by atoms with van der Waals surface area (Å²) in [5.74, 6) is -3.20. The third-order valence-corrected chi connectivity index (χ3v) is 3.63. The lowest BCUT2D eigenvalue weighted by molar-refractivity contribution is -0.136. The van der Waals surface area contributed by atoms with E-state index in [4.69, 9.17) is 5.11 Å². The molecule has 0 aliphatic heterocycles. The van der Waals surface area contributed by atoms with Gasteiger partial charge in [-0.1, -0.05) is 0 Å². The molecule has 1 aromatic rings. The van der Waals surface area contributed by atoms with Crippen LogP contribution >= 0.6 is 0 Å². The van der Waals surface area contributed by atoms with Gasteiger partial charge >= 0.3 is 5.97 Å². The molecule has 0 saturated heterocycles. The molecule has 8 heteroatoms. The minimum absolute atomic E-state index is 0.0507. The second kappa shape index (κ2) is 6.58. The van der Waals surface area contributed by atoms with Crippen molar-refractivity contribution in [3.63, 3.8) is 0 Å². The number of halogens is 2. The highest BCUT2D eigenvalue weighted by molar-refractivity contribution is 7.89. The van der Waals surface area contributed by atoms with Gasteiger partial charge in [0, 0.05) is 12.6 Å². The van der Waals surface area contributed by atoms with Gasteiger partial charge in [-0.25, -0.2) is 21.9 Å². The molecule has 1 aromatic carbocycles. The van der Waals surface area contributed by atoms with Crippen LogP contribution in [0.1, 0.15) is 12.0 Å². The molecule has 0 atom stereocenters. The third kappa shape index (κ3) is 6.25. The summed E-state index contributed by atoms with van der Waals surface area (Å²) in [6.45, 7) is -0.0507. The van der Waals surface area contributed by atoms with Crippen molar-refractivity contribution in [2.75, 3.05) is 12.3 Å². The first-order chi connectivity index (χ1) is 8.78. The lowest BCUT2D eigenvalue weighted by Crippen LogP contribution is -2.29. The van der Waals surface area contributed by atoms with Crippen LogP contribution in [0.3, 0.4) is 0 Å². The molecular formula is C11H13F2NO4S. The second-order valence-corrected chi connectivity index (χ2v) is 5.81. The molecule has 0 amide bonds. The van der Waals surface area contributed by atoms with Crippen LogP contribution in [0.15, 0.2) is 18.2 Å². The van der Waals surface area contributed by atoms with Crippen LogP contribution < -0.4 is 4.72 Å². The highest BCUT2D eigenvalue weighted by Crippen LogP contribution is 2.08. The van der Waals surface area contributed by atoms with Gasteiger partial charge in [-0.05, 0) is 24.1 Å². The van der Waals surface area contributed by atoms with E-state index >= 15 is 0 Å². The smallest absolute Gasteiger partial charge is 0.304 e. The monoisotopic (exact) mass is 293 g/mol. The number of hydrogen-bond donors (Lipinski definition) is 2. The van der Waals surface area contributed by atoms with E-state index in [0.717, 1.165) is 18.2 Å². The average molecular weight is 293 g/mol. The number of aliphatic carboxylic acids is 1. The van der Waals surface area contributed by atoms with Crippen LogP contribution in [0, 0.1) is 11.6 Å². The maximum absolute atomic E-state index is 12.9. The number of rotatable bonds is 7. The molecule has 0 saturated carbocycles. The van der Waals surface area contributed by atoms with E-state index in [0.29, 0.717) is 5.56 Å². The molecule has 0 fully saturated rings. The molecule has 2 N–H and O–H groups in total. The molecule has 106 valence electrons. The molecule has 0 heterocycles. The Kier molecular flexibility index (Phi) is 5.37. The zero-order valence-corrected chi connectivity index (χ0v) is 10.7. The lowest BCUT2D eigenvalue weighted by Gasteiger charge is -2.06. The Labute approximate surface area is 109 Å². The van der Waals surface area contributed by atoms with Gasteiger partial charge in [0.2, 0.25) is 10.0 Å². The maximum Gasteiger partial charge on any atom is 0.304 e. The minimum atomic E-state index is -3.69. The highest BCUT2D eigenvalue weighted by Gasteiger charge is 2.12. The van der Waals surface area contributed by atoms with Crippen molar-refractivity contribution in [2.24, 2.45) is 0 Å². The van der Waals surface area contributed by atoms with Gasteiger partial charge < -0.3 is 5.11 Å². The van der Waals surface area contributed by atoms with Crippen molar-refractivity contribution in [2.45, 2.75) is 12.8 Å². The van der Waals surface area contributed by atoms with E-state index in [1.54, 1.807) is 0 Å². The summed E-state index contributed by atoms with van der Waals surface area (Å²) in [5.41, 5.74) is 0.318. The Balaban J connectivity index is 2.47. The van der Waals surface area contributed by atoms with Gasteiger partial charge in [0.05, 0.1) is 12.2 Å². The predicted molar refractivity (Wildman–Crippen MR) is 64.1 cm³/mol. The van der Waals surface area contributed by atoms with Crippen molar-refractivity contribution in [1.82, 2.24) is 4.72 Å². The Morgan fingerprint density at radius 2 is 1.79 bits per heavy atom. The Morgan fingerprint density at radius 1 is 1.21 bits per heavy atom. The third-order valence-electron chi connectivity index (χ3n) is 2.24. The van der Waals surface area contributed by atoms with Gasteiger partial charge in [0.15, 0.2) is 0 Å². The quantitative estimate of drug-likeness (QED) is 0.782. The normalized spacial score (nSPS) is 11.5. The van der Waals surface area contributed by atoms with Crippen molar-refractivity contribution in [1.29, 1.82) is 0 Å². The number of hydrogen-bond acceptors (Lipinski definition) is 3. The Bertz CT molecular complexity index is 540. The second-order valence-electron chi connectivity index (χ2n) is 3.88. The summed E-state index contributed by atoms with van der Waals surface area (Å²) in [6, 6.07) is 2.93. The summed E-state index contributed by atoms with van der Waals surface area (Å²) < 4.78 is 50.5. The van der Waals surface area contributed by atoms with E-state index in [-0.39, 0.29) is 13.0 Å². The maximum atomic E-state index is 12.9. The molecule has 19 heavy (non-hydrogen) atoms. The summed E-state index contributed by atoms with van der Waals surface area (Å²) >= 11 is 0. The van der Waals surface area contributed by atoms with E-state index in [1.165, 1.54) is 0 Å². The Morgan fingerprint density at radius 3 is 2.32 bits per heavy atom. The topological polar surface area (TPSA) is 83.5 Å². The fourth-order valence-electron chi connectivity index (χ4n) is 1.40. The van der Waals surface area contributed by atoms with Crippen LogP contribution in [0.2, 0.25) is 0 Å². The summed E-state index contributed by atoms with van der Waals surface area (Å²) in [5, 5.41) is 8.37. The summed E-state index contributed by atoms with van der Waals surface area (Å²) in [7, 11) is -3.69. The fourth-order valence-corrected chi connectivity index (χ4v) is 2.40. The van der Waals surface area contributed by atoms with E-state index < -0.39 is 39.8 Å². The van der Waals surface area contributed by atoms with Crippen molar-refractivity contribution in [3.05, 3.63) is 35.4 Å². The van der Waals surface area contributed by atoms with Crippen LogP contribution in [0.4, 0.5) is 8.78 Å². The van der Waals surface area contributed by atoms with Crippen molar-refractivity contribution in [3.8, 4) is 0 Å². The number of nitrogens with one attached hydrogen (secondary N) is 1. The van der Waals surface area contributed by atoms with E-state index in [1.807, 2.05) is 0 Å². The fraction of sp³-hybridized carbons (Fsp3) is 0.364. The van der Waals surface area contributed by atoms with Gasteiger partial charge in [-0.2, -0.15) is 0 Å². The van der Waals surface area contributed by atoms with Crippen LogP contribution in [0.5, 0.6) is 0 Å². The molecule has 0 bridgehead atoms. The van der Waals surface area contributed by atoms with Gasteiger partial charge in [-0.15, -0.1) is 0 Å². The number of sulfonamides is 1. The van der Waals surface area contributed by atoms with E-state index in [2.05, 4.69) is 4.72 Å². The molecule has 0 aliphatic carbocycles. The zero-order valence-electron chi connectivity index (χ0n) is 9.90. The SMILES string of the molecule is O=C(O)CCS(=O)(=O)NCCc1cc(F)cc(F)c1.